The molecule has 0 bridgehead atoms. The molecule has 0 aliphatic heterocycles. The Kier molecular flexibility index (Phi) is 2.30. The van der Waals surface area contributed by atoms with Crippen molar-refractivity contribution < 1.29 is 0 Å². The van der Waals surface area contributed by atoms with E-state index in [1.165, 1.54) is 16.0 Å². The molecule has 0 saturated carbocycles. The van der Waals surface area contributed by atoms with Gasteiger partial charge < -0.3 is 0 Å². The lowest BCUT2D eigenvalue weighted by Gasteiger charge is -1.93. The number of nitrogens with zero attached hydrogens (tertiary/aromatic N) is 2. The quantitative estimate of drug-likeness (QED) is 0.657. The monoisotopic (exact) mass is 242 g/mol. The van der Waals surface area contributed by atoms with E-state index in [0.29, 0.717) is 0 Å². The van der Waals surface area contributed by atoms with E-state index in [0.717, 1.165) is 20.5 Å². The highest BCUT2D eigenvalue weighted by Crippen LogP contribution is 2.30. The highest BCUT2D eigenvalue weighted by molar-refractivity contribution is 7.22. The standard InChI is InChI=1S/C13H10N2OS/c1-15-13(16)12-10(8-14-15)7-11(17-12)9-5-3-2-4-6-9/h2-8H,1H3. The summed E-state index contributed by atoms with van der Waals surface area (Å²) in [7, 11) is 1.67. The normalized spacial score (nSPS) is 10.9. The molecule has 0 aliphatic carbocycles. The predicted molar refractivity (Wildman–Crippen MR) is 70.3 cm³/mol. The van der Waals surface area contributed by atoms with Crippen molar-refractivity contribution in [3.63, 3.8) is 0 Å². The number of benzene rings is 1. The number of aryl methyl sites for hydroxylation is 1. The van der Waals surface area contributed by atoms with E-state index in [-0.39, 0.29) is 5.56 Å². The van der Waals surface area contributed by atoms with Crippen molar-refractivity contribution >= 4 is 21.4 Å². The third kappa shape index (κ3) is 1.66. The van der Waals surface area contributed by atoms with E-state index < -0.39 is 0 Å². The smallest absolute Gasteiger partial charge is 0.266 e. The van der Waals surface area contributed by atoms with Crippen molar-refractivity contribution in [3.8, 4) is 10.4 Å². The van der Waals surface area contributed by atoms with E-state index in [1.807, 2.05) is 36.4 Å². The van der Waals surface area contributed by atoms with Crippen molar-refractivity contribution in [1.29, 1.82) is 0 Å². The molecule has 4 heteroatoms. The maximum Gasteiger partial charge on any atom is 0.284 e. The third-order valence-corrected chi connectivity index (χ3v) is 3.87. The first-order chi connectivity index (χ1) is 8.25. The van der Waals surface area contributed by atoms with Gasteiger partial charge in [0.2, 0.25) is 0 Å². The molecule has 3 aromatic rings. The minimum Gasteiger partial charge on any atom is -0.266 e. The van der Waals surface area contributed by atoms with E-state index in [4.69, 9.17) is 0 Å². The van der Waals surface area contributed by atoms with Crippen LogP contribution in [0, 0.1) is 0 Å². The van der Waals surface area contributed by atoms with Crippen LogP contribution in [0.1, 0.15) is 0 Å². The number of rotatable bonds is 1. The van der Waals surface area contributed by atoms with Crippen molar-refractivity contribution in [1.82, 2.24) is 9.78 Å². The molecule has 17 heavy (non-hydrogen) atoms. The topological polar surface area (TPSA) is 34.9 Å². The molecular formula is C13H10N2OS. The van der Waals surface area contributed by atoms with Crippen molar-refractivity contribution in [2.24, 2.45) is 7.05 Å². The first kappa shape index (κ1) is 10.2. The summed E-state index contributed by atoms with van der Waals surface area (Å²) in [6, 6.07) is 12.1. The maximum absolute atomic E-state index is 11.9. The minimum absolute atomic E-state index is 0.0327. The highest BCUT2D eigenvalue weighted by Gasteiger charge is 2.08. The van der Waals surface area contributed by atoms with Gasteiger partial charge in [-0.1, -0.05) is 30.3 Å². The summed E-state index contributed by atoms with van der Waals surface area (Å²) < 4.78 is 2.13. The Morgan fingerprint density at radius 2 is 2.00 bits per heavy atom. The Labute approximate surface area is 102 Å². The van der Waals surface area contributed by atoms with Crippen LogP contribution in [0.15, 0.2) is 47.4 Å². The fourth-order valence-electron chi connectivity index (χ4n) is 1.76. The van der Waals surface area contributed by atoms with Crippen molar-refractivity contribution in [3.05, 3.63) is 52.9 Å². The molecule has 3 nitrogen and oxygen atoms in total. The molecule has 0 N–H and O–H groups in total. The average Bonchev–Trinajstić information content (AvgIpc) is 2.80. The number of thiophene rings is 1. The van der Waals surface area contributed by atoms with E-state index in [9.17, 15) is 4.79 Å². The molecule has 2 aromatic heterocycles. The summed E-state index contributed by atoms with van der Waals surface area (Å²) in [5, 5.41) is 4.94. The zero-order chi connectivity index (χ0) is 11.8. The first-order valence-corrected chi connectivity index (χ1v) is 6.08. The summed E-state index contributed by atoms with van der Waals surface area (Å²) in [6.45, 7) is 0. The number of aromatic nitrogens is 2. The van der Waals surface area contributed by atoms with Gasteiger partial charge in [0.25, 0.3) is 5.56 Å². The van der Waals surface area contributed by atoms with Crippen LogP contribution in [-0.2, 0) is 7.05 Å². The van der Waals surface area contributed by atoms with Gasteiger partial charge in [-0.25, -0.2) is 4.68 Å². The molecule has 1 aromatic carbocycles. The Morgan fingerprint density at radius 1 is 1.24 bits per heavy atom. The predicted octanol–water partition coefficient (Wildman–Crippen LogP) is 2.66. The van der Waals surface area contributed by atoms with Gasteiger partial charge in [0.1, 0.15) is 4.70 Å². The van der Waals surface area contributed by atoms with Crippen LogP contribution in [0.5, 0.6) is 0 Å². The van der Waals surface area contributed by atoms with Gasteiger partial charge in [-0.15, -0.1) is 11.3 Å². The van der Waals surface area contributed by atoms with Gasteiger partial charge in [0, 0.05) is 17.3 Å². The molecule has 0 fully saturated rings. The Hall–Kier alpha value is -1.94. The second-order valence-corrected chi connectivity index (χ2v) is 4.89. The van der Waals surface area contributed by atoms with Gasteiger partial charge in [0.05, 0.1) is 6.20 Å². The Bertz CT molecular complexity index is 728. The van der Waals surface area contributed by atoms with Crippen LogP contribution in [-0.4, -0.2) is 9.78 Å². The zero-order valence-corrected chi connectivity index (χ0v) is 10.1. The number of fused-ring (bicyclic) bond motifs is 1. The van der Waals surface area contributed by atoms with Gasteiger partial charge in [-0.05, 0) is 11.6 Å². The van der Waals surface area contributed by atoms with Gasteiger partial charge in [-0.2, -0.15) is 5.10 Å². The van der Waals surface area contributed by atoms with Crippen LogP contribution in [0.4, 0.5) is 0 Å². The second-order valence-electron chi connectivity index (χ2n) is 3.83. The molecule has 0 spiro atoms. The van der Waals surface area contributed by atoms with E-state index >= 15 is 0 Å². The molecule has 0 radical (unpaired) electrons. The van der Waals surface area contributed by atoms with Crippen LogP contribution < -0.4 is 5.56 Å². The number of hydrogen-bond donors (Lipinski definition) is 0. The molecule has 84 valence electrons. The average molecular weight is 242 g/mol. The van der Waals surface area contributed by atoms with E-state index in [2.05, 4.69) is 5.10 Å². The SMILES string of the molecule is Cn1ncc2cc(-c3ccccc3)sc2c1=O. The fraction of sp³-hybridized carbons (Fsp3) is 0.0769. The minimum atomic E-state index is -0.0327. The molecular weight excluding hydrogens is 232 g/mol. The van der Waals surface area contributed by atoms with Crippen LogP contribution in [0.3, 0.4) is 0 Å². The Balaban J connectivity index is 2.28. The highest BCUT2D eigenvalue weighted by atomic mass is 32.1. The summed E-state index contributed by atoms with van der Waals surface area (Å²) in [5.41, 5.74) is 1.10. The second kappa shape index (κ2) is 3.82. The lowest BCUT2D eigenvalue weighted by molar-refractivity contribution is 0.719. The van der Waals surface area contributed by atoms with Gasteiger partial charge in [-0.3, -0.25) is 4.79 Å². The maximum atomic E-state index is 11.9. The number of hydrogen-bond acceptors (Lipinski definition) is 3. The first-order valence-electron chi connectivity index (χ1n) is 5.27. The molecule has 0 atom stereocenters. The van der Waals surface area contributed by atoms with E-state index in [1.54, 1.807) is 13.2 Å². The molecule has 0 saturated heterocycles. The van der Waals surface area contributed by atoms with Crippen molar-refractivity contribution in [2.75, 3.05) is 0 Å². The third-order valence-electron chi connectivity index (χ3n) is 2.68. The summed E-state index contributed by atoms with van der Waals surface area (Å²) >= 11 is 1.52. The Morgan fingerprint density at radius 3 is 2.76 bits per heavy atom. The molecule has 0 unspecified atom stereocenters. The van der Waals surface area contributed by atoms with Gasteiger partial charge in [0.15, 0.2) is 0 Å². The lowest BCUT2D eigenvalue weighted by atomic mass is 10.2. The summed E-state index contributed by atoms with van der Waals surface area (Å²) in [5.74, 6) is 0. The van der Waals surface area contributed by atoms with Crippen LogP contribution in [0.25, 0.3) is 20.5 Å². The van der Waals surface area contributed by atoms with Crippen LogP contribution in [0.2, 0.25) is 0 Å². The molecule has 3 rings (SSSR count). The summed E-state index contributed by atoms with van der Waals surface area (Å²) in [4.78, 5) is 13.0. The lowest BCUT2D eigenvalue weighted by Crippen LogP contribution is -2.17. The van der Waals surface area contributed by atoms with Crippen LogP contribution >= 0.6 is 11.3 Å². The van der Waals surface area contributed by atoms with Crippen molar-refractivity contribution in [2.45, 2.75) is 0 Å². The molecule has 0 aliphatic rings. The molecule has 2 heterocycles. The zero-order valence-electron chi connectivity index (χ0n) is 9.25. The molecule has 0 amide bonds. The summed E-state index contributed by atoms with van der Waals surface area (Å²) in [6.07, 6.45) is 1.74. The largest absolute Gasteiger partial charge is 0.284 e. The van der Waals surface area contributed by atoms with Gasteiger partial charge >= 0.3 is 0 Å². The fourth-order valence-corrected chi connectivity index (χ4v) is 2.87.